The van der Waals surface area contributed by atoms with Crippen molar-refractivity contribution in [2.24, 2.45) is 0 Å². The molecular formula is C14H8ClF3N2O2S. The molecule has 0 aliphatic rings. The number of nitriles is 1. The van der Waals surface area contributed by atoms with E-state index in [1.807, 2.05) is 0 Å². The fraction of sp³-hybridized carbons (Fsp3) is 0.0714. The molecule has 0 aromatic heterocycles. The van der Waals surface area contributed by atoms with Gasteiger partial charge in [0.05, 0.1) is 26.7 Å². The lowest BCUT2D eigenvalue weighted by Crippen LogP contribution is -2.13. The predicted octanol–water partition coefficient (Wildman–Crippen LogP) is 4.03. The van der Waals surface area contributed by atoms with E-state index in [1.54, 1.807) is 6.07 Å². The van der Waals surface area contributed by atoms with Crippen LogP contribution in [0.5, 0.6) is 0 Å². The molecule has 0 spiro atoms. The van der Waals surface area contributed by atoms with Crippen LogP contribution < -0.4 is 4.72 Å². The third kappa shape index (κ3) is 3.94. The second-order valence-corrected chi connectivity index (χ2v) is 6.52. The zero-order valence-electron chi connectivity index (χ0n) is 11.2. The molecular weight excluding hydrogens is 353 g/mol. The summed E-state index contributed by atoms with van der Waals surface area (Å²) < 4.78 is 63.9. The fourth-order valence-electron chi connectivity index (χ4n) is 1.71. The van der Waals surface area contributed by atoms with E-state index < -0.39 is 21.8 Å². The molecule has 2 rings (SSSR count). The lowest BCUT2D eigenvalue weighted by atomic mass is 10.2. The summed E-state index contributed by atoms with van der Waals surface area (Å²) in [7, 11) is -4.08. The highest BCUT2D eigenvalue weighted by Gasteiger charge is 2.30. The smallest absolute Gasteiger partial charge is 0.280 e. The molecule has 0 bridgehead atoms. The van der Waals surface area contributed by atoms with Gasteiger partial charge in [0.25, 0.3) is 10.0 Å². The van der Waals surface area contributed by atoms with Crippen LogP contribution in [0.1, 0.15) is 11.1 Å². The molecule has 0 atom stereocenters. The van der Waals surface area contributed by atoms with Crippen molar-refractivity contribution in [1.82, 2.24) is 0 Å². The van der Waals surface area contributed by atoms with Gasteiger partial charge in [-0.3, -0.25) is 4.72 Å². The van der Waals surface area contributed by atoms with Gasteiger partial charge in [0.1, 0.15) is 6.07 Å². The summed E-state index contributed by atoms with van der Waals surface area (Å²) >= 11 is 5.74. The molecule has 9 heteroatoms. The zero-order chi connectivity index (χ0) is 17.3. The quantitative estimate of drug-likeness (QED) is 0.898. The van der Waals surface area contributed by atoms with Crippen LogP contribution in [0.3, 0.4) is 0 Å². The van der Waals surface area contributed by atoms with Crippen molar-refractivity contribution < 1.29 is 21.6 Å². The highest BCUT2D eigenvalue weighted by Crippen LogP contribution is 2.30. The molecule has 120 valence electrons. The van der Waals surface area contributed by atoms with Gasteiger partial charge < -0.3 is 0 Å². The van der Waals surface area contributed by atoms with Crippen LogP contribution in [0.15, 0.2) is 47.4 Å². The first-order valence-corrected chi connectivity index (χ1v) is 7.89. The van der Waals surface area contributed by atoms with Crippen LogP contribution in [-0.2, 0) is 16.2 Å². The van der Waals surface area contributed by atoms with Crippen LogP contribution in [0, 0.1) is 11.3 Å². The van der Waals surface area contributed by atoms with Crippen LogP contribution in [-0.4, -0.2) is 8.42 Å². The van der Waals surface area contributed by atoms with Gasteiger partial charge >= 0.3 is 6.18 Å². The largest absolute Gasteiger partial charge is 0.416 e. The number of benzene rings is 2. The van der Waals surface area contributed by atoms with Gasteiger partial charge in [-0.1, -0.05) is 11.6 Å². The van der Waals surface area contributed by atoms with Crippen LogP contribution in [0.4, 0.5) is 18.9 Å². The number of nitrogens with one attached hydrogen (secondary N) is 1. The van der Waals surface area contributed by atoms with Gasteiger partial charge in [0.15, 0.2) is 0 Å². The Morgan fingerprint density at radius 1 is 1.09 bits per heavy atom. The van der Waals surface area contributed by atoms with Crippen LogP contribution in [0.25, 0.3) is 0 Å². The highest BCUT2D eigenvalue weighted by atomic mass is 35.5. The summed E-state index contributed by atoms with van der Waals surface area (Å²) in [6.07, 6.45) is -4.55. The van der Waals surface area contributed by atoms with Crippen molar-refractivity contribution in [3.63, 3.8) is 0 Å². The average Bonchev–Trinajstić information content (AvgIpc) is 2.48. The summed E-state index contributed by atoms with van der Waals surface area (Å²) in [5, 5.41) is 9.00. The Kier molecular flexibility index (Phi) is 4.54. The lowest BCUT2D eigenvalue weighted by Gasteiger charge is -2.10. The summed E-state index contributed by atoms with van der Waals surface area (Å²) in [6.45, 7) is 0. The first-order chi connectivity index (χ1) is 10.6. The Hall–Kier alpha value is -2.24. The maximum absolute atomic E-state index is 12.5. The van der Waals surface area contributed by atoms with Gasteiger partial charge in [-0.05, 0) is 42.5 Å². The number of rotatable bonds is 3. The van der Waals surface area contributed by atoms with Crippen molar-refractivity contribution in [1.29, 1.82) is 5.26 Å². The van der Waals surface area contributed by atoms with Gasteiger partial charge in [-0.2, -0.15) is 18.4 Å². The van der Waals surface area contributed by atoms with E-state index in [-0.39, 0.29) is 21.2 Å². The Morgan fingerprint density at radius 2 is 1.70 bits per heavy atom. The van der Waals surface area contributed by atoms with Crippen LogP contribution in [0.2, 0.25) is 5.02 Å². The number of alkyl halides is 3. The van der Waals surface area contributed by atoms with E-state index in [2.05, 4.69) is 4.72 Å². The monoisotopic (exact) mass is 360 g/mol. The minimum absolute atomic E-state index is 0.0688. The van der Waals surface area contributed by atoms with Crippen molar-refractivity contribution >= 4 is 27.3 Å². The van der Waals surface area contributed by atoms with E-state index in [0.29, 0.717) is 12.1 Å². The molecule has 2 aromatic carbocycles. The van der Waals surface area contributed by atoms with Crippen molar-refractivity contribution in [2.75, 3.05) is 4.72 Å². The molecule has 0 saturated carbocycles. The topological polar surface area (TPSA) is 70.0 Å². The maximum Gasteiger partial charge on any atom is 0.416 e. The molecule has 0 amide bonds. The molecule has 0 radical (unpaired) electrons. The number of sulfonamides is 1. The summed E-state index contributed by atoms with van der Waals surface area (Å²) in [5.41, 5.74) is -0.806. The van der Waals surface area contributed by atoms with E-state index in [0.717, 1.165) is 12.1 Å². The number of halogens is 4. The molecule has 0 saturated heterocycles. The molecule has 2 aromatic rings. The Balaban J connectivity index is 2.31. The molecule has 23 heavy (non-hydrogen) atoms. The third-order valence-electron chi connectivity index (χ3n) is 2.83. The van der Waals surface area contributed by atoms with Crippen LogP contribution >= 0.6 is 11.6 Å². The SMILES string of the molecule is N#Cc1cc(NS(=O)(=O)c2ccc(C(F)(F)F)cc2)ccc1Cl. The summed E-state index contributed by atoms with van der Waals surface area (Å²) in [4.78, 5) is -0.334. The number of nitrogens with zero attached hydrogens (tertiary/aromatic N) is 1. The first-order valence-electron chi connectivity index (χ1n) is 6.03. The van der Waals surface area contributed by atoms with Crippen molar-refractivity contribution in [2.45, 2.75) is 11.1 Å². The van der Waals surface area contributed by atoms with Gasteiger partial charge in [-0.15, -0.1) is 0 Å². The van der Waals surface area contributed by atoms with E-state index in [4.69, 9.17) is 16.9 Å². The van der Waals surface area contributed by atoms with Gasteiger partial charge in [0.2, 0.25) is 0 Å². The Bertz CT molecular complexity index is 872. The van der Waals surface area contributed by atoms with Gasteiger partial charge in [0, 0.05) is 0 Å². The van der Waals surface area contributed by atoms with Crippen molar-refractivity contribution in [3.05, 3.63) is 58.6 Å². The summed E-state index contributed by atoms with van der Waals surface area (Å²) in [6, 6.07) is 8.76. The second kappa shape index (κ2) is 6.10. The molecule has 0 heterocycles. The Morgan fingerprint density at radius 3 is 2.22 bits per heavy atom. The molecule has 4 nitrogen and oxygen atoms in total. The maximum atomic E-state index is 12.5. The highest BCUT2D eigenvalue weighted by molar-refractivity contribution is 7.92. The number of anilines is 1. The molecule has 1 N–H and O–H groups in total. The summed E-state index contributed by atoms with van der Waals surface area (Å²) in [5.74, 6) is 0. The minimum Gasteiger partial charge on any atom is -0.280 e. The second-order valence-electron chi connectivity index (χ2n) is 4.43. The average molecular weight is 361 g/mol. The van der Waals surface area contributed by atoms with Crippen molar-refractivity contribution in [3.8, 4) is 6.07 Å². The standard InChI is InChI=1S/C14H8ClF3N2O2S/c15-13-6-3-11(7-9(13)8-19)20-23(21,22)12-4-1-10(2-5-12)14(16,17)18/h1-7,20H. The first kappa shape index (κ1) is 17.1. The normalized spacial score (nSPS) is 11.8. The minimum atomic E-state index is -4.55. The number of hydrogen-bond donors (Lipinski definition) is 1. The van der Waals surface area contributed by atoms with E-state index >= 15 is 0 Å². The number of hydrogen-bond acceptors (Lipinski definition) is 3. The molecule has 0 aliphatic carbocycles. The van der Waals surface area contributed by atoms with E-state index in [1.165, 1.54) is 18.2 Å². The molecule has 0 unspecified atom stereocenters. The fourth-order valence-corrected chi connectivity index (χ4v) is 2.92. The Labute approximate surface area is 135 Å². The third-order valence-corrected chi connectivity index (χ3v) is 4.56. The zero-order valence-corrected chi connectivity index (χ0v) is 12.8. The lowest BCUT2D eigenvalue weighted by molar-refractivity contribution is -0.137. The predicted molar refractivity (Wildman–Crippen MR) is 78.4 cm³/mol. The molecule has 0 fully saturated rings. The van der Waals surface area contributed by atoms with E-state index in [9.17, 15) is 21.6 Å². The van der Waals surface area contributed by atoms with Gasteiger partial charge in [-0.25, -0.2) is 8.42 Å². The molecule has 0 aliphatic heterocycles.